The number of hydrogen-bond acceptors (Lipinski definition) is 6. The third-order valence-electron chi connectivity index (χ3n) is 4.71. The molecule has 1 atom stereocenters. The van der Waals surface area contributed by atoms with Crippen LogP contribution >= 0.6 is 11.6 Å². The summed E-state index contributed by atoms with van der Waals surface area (Å²) in [6, 6.07) is 10.4. The minimum atomic E-state index is -0.722. The molecule has 0 radical (unpaired) electrons. The fraction of sp³-hybridized carbons (Fsp3) is 0.238. The Hall–Kier alpha value is -3.19. The average molecular weight is 416 g/mol. The Labute approximate surface area is 171 Å². The summed E-state index contributed by atoms with van der Waals surface area (Å²) in [5.74, 6) is 0.178. The van der Waals surface area contributed by atoms with Crippen LogP contribution in [0.5, 0.6) is 11.5 Å². The second-order valence-electron chi connectivity index (χ2n) is 6.65. The average Bonchev–Trinajstić information content (AvgIpc) is 3.31. The van der Waals surface area contributed by atoms with Crippen molar-refractivity contribution in [1.82, 2.24) is 5.32 Å². The predicted octanol–water partition coefficient (Wildman–Crippen LogP) is 4.16. The van der Waals surface area contributed by atoms with E-state index in [1.54, 1.807) is 37.3 Å². The summed E-state index contributed by atoms with van der Waals surface area (Å²) in [6.07, 6.45) is 0. The number of amides is 1. The molecule has 1 N–H and O–H groups in total. The molecule has 0 saturated carbocycles. The number of nitrogens with one attached hydrogen (secondary N) is 1. The Morgan fingerprint density at radius 2 is 2.00 bits per heavy atom. The highest BCUT2D eigenvalue weighted by Gasteiger charge is 2.22. The van der Waals surface area contributed by atoms with E-state index >= 15 is 0 Å². The van der Waals surface area contributed by atoms with Gasteiger partial charge in [-0.15, -0.1) is 0 Å². The van der Waals surface area contributed by atoms with E-state index in [0.29, 0.717) is 27.7 Å². The first-order valence-corrected chi connectivity index (χ1v) is 9.35. The molecular weight excluding hydrogens is 398 g/mol. The van der Waals surface area contributed by atoms with Gasteiger partial charge in [-0.3, -0.25) is 4.79 Å². The van der Waals surface area contributed by atoms with E-state index in [2.05, 4.69) is 5.32 Å². The number of carbonyl (C=O) groups excluding carboxylic acids is 2. The van der Waals surface area contributed by atoms with Crippen LogP contribution in [-0.2, 0) is 9.53 Å². The van der Waals surface area contributed by atoms with E-state index in [0.717, 1.165) is 10.9 Å². The van der Waals surface area contributed by atoms with Crippen LogP contribution in [0.15, 0.2) is 40.8 Å². The molecule has 0 fully saturated rings. The Kier molecular flexibility index (Phi) is 5.07. The third-order valence-corrected chi connectivity index (χ3v) is 5.01. The van der Waals surface area contributed by atoms with Crippen LogP contribution in [-0.4, -0.2) is 25.3 Å². The molecule has 0 spiro atoms. The quantitative estimate of drug-likeness (QED) is 0.630. The van der Waals surface area contributed by atoms with Crippen molar-refractivity contribution in [1.29, 1.82) is 0 Å². The van der Waals surface area contributed by atoms with Gasteiger partial charge in [0.15, 0.2) is 23.7 Å². The van der Waals surface area contributed by atoms with Gasteiger partial charge in [-0.05, 0) is 37.6 Å². The Balaban J connectivity index is 1.37. The lowest BCUT2D eigenvalue weighted by Gasteiger charge is -2.14. The number of esters is 1. The molecule has 1 amide bonds. The third kappa shape index (κ3) is 3.73. The van der Waals surface area contributed by atoms with E-state index < -0.39 is 18.5 Å². The Morgan fingerprint density at radius 1 is 1.21 bits per heavy atom. The minimum absolute atomic E-state index is 0.0321. The van der Waals surface area contributed by atoms with Crippen LogP contribution in [0.4, 0.5) is 0 Å². The predicted molar refractivity (Wildman–Crippen MR) is 105 cm³/mol. The lowest BCUT2D eigenvalue weighted by atomic mass is 10.1. The monoisotopic (exact) mass is 415 g/mol. The molecule has 1 aliphatic heterocycles. The number of para-hydroxylation sites is 1. The smallest absolute Gasteiger partial charge is 0.375 e. The van der Waals surface area contributed by atoms with Crippen molar-refractivity contribution in [2.24, 2.45) is 0 Å². The molecule has 29 heavy (non-hydrogen) atoms. The summed E-state index contributed by atoms with van der Waals surface area (Å²) < 4.78 is 21.3. The van der Waals surface area contributed by atoms with E-state index in [1.165, 1.54) is 0 Å². The van der Waals surface area contributed by atoms with Crippen LogP contribution in [0.2, 0.25) is 5.02 Å². The molecule has 2 heterocycles. The van der Waals surface area contributed by atoms with Crippen molar-refractivity contribution >= 4 is 34.4 Å². The molecule has 3 aromatic rings. The summed E-state index contributed by atoms with van der Waals surface area (Å²) in [6.45, 7) is 3.31. The first-order chi connectivity index (χ1) is 13.9. The van der Waals surface area contributed by atoms with Gasteiger partial charge in [-0.2, -0.15) is 0 Å². The first kappa shape index (κ1) is 19.1. The van der Waals surface area contributed by atoms with Gasteiger partial charge in [0.2, 0.25) is 12.6 Å². The van der Waals surface area contributed by atoms with Gasteiger partial charge in [-0.25, -0.2) is 4.79 Å². The zero-order chi connectivity index (χ0) is 20.5. The molecule has 0 aliphatic carbocycles. The topological polar surface area (TPSA) is 87.0 Å². The molecule has 8 heteroatoms. The number of benzene rings is 2. The van der Waals surface area contributed by atoms with Gasteiger partial charge in [0.25, 0.3) is 5.91 Å². The van der Waals surface area contributed by atoms with Gasteiger partial charge in [-0.1, -0.05) is 29.8 Å². The molecule has 2 aromatic carbocycles. The number of carbonyl (C=O) groups is 2. The Morgan fingerprint density at radius 3 is 2.79 bits per heavy atom. The number of ether oxygens (including phenoxy) is 3. The highest BCUT2D eigenvalue weighted by Crippen LogP contribution is 2.34. The summed E-state index contributed by atoms with van der Waals surface area (Å²) in [4.78, 5) is 24.6. The molecule has 0 saturated heterocycles. The summed E-state index contributed by atoms with van der Waals surface area (Å²) in [5.41, 5.74) is 1.87. The SMILES string of the molecule is Cc1c(C(=O)OCC(=O)NC(C)c2ccc3c(c2)OCO3)oc2c(Cl)cccc12. The molecule has 150 valence electrons. The van der Waals surface area contributed by atoms with E-state index in [-0.39, 0.29) is 18.6 Å². The second kappa shape index (κ2) is 7.67. The standard InChI is InChI=1S/C21H18ClNO6/c1-11-14-4-3-5-15(22)20(14)29-19(11)21(25)26-9-18(24)23-12(2)13-6-7-16-17(8-13)28-10-27-16/h3-8,12H,9-10H2,1-2H3,(H,23,24). The van der Waals surface area contributed by atoms with E-state index in [4.69, 9.17) is 30.2 Å². The van der Waals surface area contributed by atoms with Crippen LogP contribution in [0.1, 0.15) is 34.6 Å². The largest absolute Gasteiger partial charge is 0.454 e. The minimum Gasteiger partial charge on any atom is -0.454 e. The fourth-order valence-electron chi connectivity index (χ4n) is 3.15. The summed E-state index contributed by atoms with van der Waals surface area (Å²) in [5, 5.41) is 3.91. The number of hydrogen-bond donors (Lipinski definition) is 1. The maximum absolute atomic E-state index is 12.4. The van der Waals surface area contributed by atoms with Crippen molar-refractivity contribution in [3.8, 4) is 11.5 Å². The first-order valence-electron chi connectivity index (χ1n) is 8.97. The summed E-state index contributed by atoms with van der Waals surface area (Å²) >= 11 is 6.10. The molecule has 4 rings (SSSR count). The Bertz CT molecular complexity index is 1110. The maximum Gasteiger partial charge on any atom is 0.375 e. The number of fused-ring (bicyclic) bond motifs is 2. The summed E-state index contributed by atoms with van der Waals surface area (Å²) in [7, 11) is 0. The van der Waals surface area contributed by atoms with Gasteiger partial charge in [0.05, 0.1) is 11.1 Å². The molecule has 7 nitrogen and oxygen atoms in total. The van der Waals surface area contributed by atoms with Crippen molar-refractivity contribution in [2.45, 2.75) is 19.9 Å². The van der Waals surface area contributed by atoms with Crippen LogP contribution in [0.25, 0.3) is 11.0 Å². The number of furan rings is 1. The van der Waals surface area contributed by atoms with Crippen molar-refractivity contribution < 1.29 is 28.2 Å². The molecule has 1 unspecified atom stereocenters. The molecule has 1 aliphatic rings. The normalized spacial score (nSPS) is 13.3. The lowest BCUT2D eigenvalue weighted by molar-refractivity contribution is -0.124. The van der Waals surface area contributed by atoms with Gasteiger partial charge in [0, 0.05) is 10.9 Å². The van der Waals surface area contributed by atoms with Crippen LogP contribution in [0.3, 0.4) is 0 Å². The fourth-order valence-corrected chi connectivity index (χ4v) is 3.36. The van der Waals surface area contributed by atoms with Gasteiger partial charge >= 0.3 is 5.97 Å². The lowest BCUT2D eigenvalue weighted by Crippen LogP contribution is -2.31. The number of aryl methyl sites for hydroxylation is 1. The number of halogens is 1. The van der Waals surface area contributed by atoms with Crippen molar-refractivity contribution in [2.75, 3.05) is 13.4 Å². The van der Waals surface area contributed by atoms with Gasteiger partial charge < -0.3 is 23.9 Å². The zero-order valence-electron chi connectivity index (χ0n) is 15.8. The van der Waals surface area contributed by atoms with Crippen molar-refractivity contribution in [3.63, 3.8) is 0 Å². The molecule has 0 bridgehead atoms. The number of rotatable bonds is 5. The second-order valence-corrected chi connectivity index (χ2v) is 7.06. The van der Waals surface area contributed by atoms with Crippen LogP contribution in [0, 0.1) is 6.92 Å². The van der Waals surface area contributed by atoms with E-state index in [9.17, 15) is 9.59 Å². The zero-order valence-corrected chi connectivity index (χ0v) is 16.5. The van der Waals surface area contributed by atoms with E-state index in [1.807, 2.05) is 13.0 Å². The maximum atomic E-state index is 12.4. The molecular formula is C21H18ClNO6. The molecule has 1 aromatic heterocycles. The van der Waals surface area contributed by atoms with Crippen LogP contribution < -0.4 is 14.8 Å². The highest BCUT2D eigenvalue weighted by atomic mass is 35.5. The highest BCUT2D eigenvalue weighted by molar-refractivity contribution is 6.35. The van der Waals surface area contributed by atoms with Crippen molar-refractivity contribution in [3.05, 3.63) is 58.3 Å². The van der Waals surface area contributed by atoms with Gasteiger partial charge in [0.1, 0.15) is 0 Å².